The minimum absolute atomic E-state index is 0.308. The first-order valence-corrected chi connectivity index (χ1v) is 7.60. The Morgan fingerprint density at radius 3 is 1.89 bits per heavy atom. The van der Waals surface area contributed by atoms with Gasteiger partial charge in [0.15, 0.2) is 0 Å². The van der Waals surface area contributed by atoms with Gasteiger partial charge in [0.2, 0.25) is 0 Å². The molecular formula is C16H31NO2. The molecule has 0 radical (unpaired) electrons. The summed E-state index contributed by atoms with van der Waals surface area (Å²) in [5.41, 5.74) is 0. The molecule has 112 valence electrons. The highest BCUT2D eigenvalue weighted by Gasteiger charge is 1.96. The maximum absolute atomic E-state index is 10.8. The number of carbonyl (C=O) groups is 1. The summed E-state index contributed by atoms with van der Waals surface area (Å²) in [6.45, 7) is 5.11. The van der Waals surface area contributed by atoms with Gasteiger partial charge in [0.25, 0.3) is 0 Å². The molecule has 19 heavy (non-hydrogen) atoms. The highest BCUT2D eigenvalue weighted by Crippen LogP contribution is 2.09. The third kappa shape index (κ3) is 15.1. The number of ether oxygens (including phenoxy) is 1. The van der Waals surface area contributed by atoms with Crippen molar-refractivity contribution in [3.63, 3.8) is 0 Å². The van der Waals surface area contributed by atoms with Gasteiger partial charge in [-0.3, -0.25) is 0 Å². The summed E-state index contributed by atoms with van der Waals surface area (Å²) in [5.74, 6) is -0.308. The van der Waals surface area contributed by atoms with Gasteiger partial charge < -0.3 is 9.64 Å². The van der Waals surface area contributed by atoms with Gasteiger partial charge >= 0.3 is 5.97 Å². The van der Waals surface area contributed by atoms with E-state index in [-0.39, 0.29) is 5.97 Å². The van der Waals surface area contributed by atoms with Crippen LogP contribution in [0.5, 0.6) is 0 Å². The van der Waals surface area contributed by atoms with Crippen molar-refractivity contribution in [3.8, 4) is 0 Å². The lowest BCUT2D eigenvalue weighted by Gasteiger charge is -2.08. The van der Waals surface area contributed by atoms with Crippen LogP contribution < -0.4 is 0 Å². The standard InChI is InChI=1S/C16H31NO2/c1-4-16(18)19-15-13-11-9-7-5-6-8-10-12-14-17(2)3/h4H,1,5-15H2,2-3H3. The van der Waals surface area contributed by atoms with Gasteiger partial charge in [0.05, 0.1) is 6.61 Å². The van der Waals surface area contributed by atoms with Gasteiger partial charge in [0.1, 0.15) is 0 Å². The Morgan fingerprint density at radius 1 is 0.947 bits per heavy atom. The molecule has 0 heterocycles. The van der Waals surface area contributed by atoms with E-state index >= 15 is 0 Å². The maximum Gasteiger partial charge on any atom is 0.330 e. The molecule has 3 heteroatoms. The quantitative estimate of drug-likeness (QED) is 0.289. The normalized spacial score (nSPS) is 10.7. The van der Waals surface area contributed by atoms with E-state index in [0.29, 0.717) is 6.61 Å². The zero-order valence-electron chi connectivity index (χ0n) is 12.8. The van der Waals surface area contributed by atoms with Crippen LogP contribution in [0, 0.1) is 0 Å². The number of rotatable bonds is 13. The van der Waals surface area contributed by atoms with E-state index in [1.165, 1.54) is 57.6 Å². The largest absolute Gasteiger partial charge is 0.463 e. The fourth-order valence-corrected chi connectivity index (χ4v) is 2.00. The number of esters is 1. The molecule has 0 amide bonds. The zero-order valence-corrected chi connectivity index (χ0v) is 12.8. The van der Waals surface area contributed by atoms with E-state index in [0.717, 1.165) is 12.8 Å². The molecule has 0 aliphatic carbocycles. The Labute approximate surface area is 119 Å². The first kappa shape index (κ1) is 18.2. The highest BCUT2D eigenvalue weighted by atomic mass is 16.5. The molecule has 0 aliphatic rings. The van der Waals surface area contributed by atoms with Crippen LogP contribution in [0.4, 0.5) is 0 Å². The lowest BCUT2D eigenvalue weighted by atomic mass is 10.1. The van der Waals surface area contributed by atoms with Crippen molar-refractivity contribution >= 4 is 5.97 Å². The van der Waals surface area contributed by atoms with Crippen molar-refractivity contribution in [1.29, 1.82) is 0 Å². The molecule has 0 N–H and O–H groups in total. The molecule has 0 saturated carbocycles. The molecular weight excluding hydrogens is 238 g/mol. The second-order valence-corrected chi connectivity index (χ2v) is 5.36. The molecule has 0 aromatic heterocycles. The SMILES string of the molecule is C=CC(=O)OCCCCCCCCCCCN(C)C. The molecule has 3 nitrogen and oxygen atoms in total. The second kappa shape index (κ2) is 13.6. The van der Waals surface area contributed by atoms with E-state index in [1.54, 1.807) is 0 Å². The smallest absolute Gasteiger partial charge is 0.330 e. The fraction of sp³-hybridized carbons (Fsp3) is 0.812. The summed E-state index contributed by atoms with van der Waals surface area (Å²) in [4.78, 5) is 13.0. The number of unbranched alkanes of at least 4 members (excludes halogenated alkanes) is 8. The topological polar surface area (TPSA) is 29.5 Å². The Bertz CT molecular complexity index is 227. The monoisotopic (exact) mass is 269 g/mol. The maximum atomic E-state index is 10.8. The van der Waals surface area contributed by atoms with Crippen molar-refractivity contribution < 1.29 is 9.53 Å². The molecule has 0 aromatic rings. The predicted molar refractivity (Wildman–Crippen MR) is 81.3 cm³/mol. The van der Waals surface area contributed by atoms with Gasteiger partial charge in [-0.2, -0.15) is 0 Å². The molecule has 0 bridgehead atoms. The van der Waals surface area contributed by atoms with Gasteiger partial charge in [-0.1, -0.05) is 51.5 Å². The van der Waals surface area contributed by atoms with E-state index < -0.39 is 0 Å². The summed E-state index contributed by atoms with van der Waals surface area (Å²) < 4.78 is 4.92. The number of hydrogen-bond acceptors (Lipinski definition) is 3. The van der Waals surface area contributed by atoms with Gasteiger partial charge in [0, 0.05) is 6.08 Å². The Morgan fingerprint density at radius 2 is 1.42 bits per heavy atom. The van der Waals surface area contributed by atoms with Crippen LogP contribution in [0.1, 0.15) is 57.8 Å². The van der Waals surface area contributed by atoms with Crippen LogP contribution in [0.25, 0.3) is 0 Å². The van der Waals surface area contributed by atoms with Crippen molar-refractivity contribution in [2.75, 3.05) is 27.2 Å². The van der Waals surface area contributed by atoms with Crippen molar-refractivity contribution in [2.24, 2.45) is 0 Å². The van der Waals surface area contributed by atoms with Gasteiger partial charge in [-0.15, -0.1) is 0 Å². The summed E-state index contributed by atoms with van der Waals surface area (Å²) in [7, 11) is 4.26. The second-order valence-electron chi connectivity index (χ2n) is 5.36. The van der Waals surface area contributed by atoms with Crippen LogP contribution in [0.3, 0.4) is 0 Å². The van der Waals surface area contributed by atoms with Crippen LogP contribution in [0.2, 0.25) is 0 Å². The number of carbonyl (C=O) groups excluding carboxylic acids is 1. The zero-order chi connectivity index (χ0) is 14.3. The van der Waals surface area contributed by atoms with E-state index in [4.69, 9.17) is 4.74 Å². The first-order valence-electron chi connectivity index (χ1n) is 7.60. The first-order chi connectivity index (χ1) is 9.16. The molecule has 0 aliphatic heterocycles. The molecule has 0 atom stereocenters. The lowest BCUT2D eigenvalue weighted by Crippen LogP contribution is -2.12. The van der Waals surface area contributed by atoms with E-state index in [2.05, 4.69) is 25.6 Å². The van der Waals surface area contributed by atoms with Crippen LogP contribution in [-0.4, -0.2) is 38.1 Å². The van der Waals surface area contributed by atoms with Gasteiger partial charge in [-0.05, 0) is 33.5 Å². The summed E-state index contributed by atoms with van der Waals surface area (Å²) in [6.07, 6.45) is 12.7. The minimum Gasteiger partial charge on any atom is -0.463 e. The summed E-state index contributed by atoms with van der Waals surface area (Å²) >= 11 is 0. The molecule has 0 aromatic carbocycles. The average molecular weight is 269 g/mol. The Balaban J connectivity index is 3.03. The summed E-state index contributed by atoms with van der Waals surface area (Å²) in [6, 6.07) is 0. The lowest BCUT2D eigenvalue weighted by molar-refractivity contribution is -0.137. The van der Waals surface area contributed by atoms with E-state index in [1.807, 2.05) is 0 Å². The van der Waals surface area contributed by atoms with E-state index in [9.17, 15) is 4.79 Å². The molecule has 0 spiro atoms. The molecule has 0 unspecified atom stereocenters. The van der Waals surface area contributed by atoms with Gasteiger partial charge in [-0.25, -0.2) is 4.79 Å². The predicted octanol–water partition coefficient (Wildman–Crippen LogP) is 3.79. The summed E-state index contributed by atoms with van der Waals surface area (Å²) in [5, 5.41) is 0. The molecule has 0 fully saturated rings. The fourth-order valence-electron chi connectivity index (χ4n) is 2.00. The minimum atomic E-state index is -0.308. The Kier molecular flexibility index (Phi) is 13.0. The highest BCUT2D eigenvalue weighted by molar-refractivity contribution is 5.81. The van der Waals surface area contributed by atoms with Crippen LogP contribution >= 0.6 is 0 Å². The van der Waals surface area contributed by atoms with Crippen molar-refractivity contribution in [1.82, 2.24) is 4.90 Å². The third-order valence-electron chi connectivity index (χ3n) is 3.16. The van der Waals surface area contributed by atoms with Crippen molar-refractivity contribution in [3.05, 3.63) is 12.7 Å². The van der Waals surface area contributed by atoms with Crippen molar-refractivity contribution in [2.45, 2.75) is 57.8 Å². The number of nitrogens with zero attached hydrogens (tertiary/aromatic N) is 1. The third-order valence-corrected chi connectivity index (χ3v) is 3.16. The number of hydrogen-bond donors (Lipinski definition) is 0. The molecule has 0 saturated heterocycles. The average Bonchev–Trinajstić information content (AvgIpc) is 2.39. The van der Waals surface area contributed by atoms with Crippen LogP contribution in [0.15, 0.2) is 12.7 Å². The Hall–Kier alpha value is -0.830. The van der Waals surface area contributed by atoms with Crippen LogP contribution in [-0.2, 0) is 9.53 Å². The molecule has 0 rings (SSSR count).